The molecule has 25 heavy (non-hydrogen) atoms. The lowest BCUT2D eigenvalue weighted by atomic mass is 9.96. The fraction of sp³-hybridized carbons (Fsp3) is 0.400. The summed E-state index contributed by atoms with van der Waals surface area (Å²) < 4.78 is 0. The molecule has 0 bridgehead atoms. The van der Waals surface area contributed by atoms with E-state index in [1.807, 2.05) is 12.3 Å². The summed E-state index contributed by atoms with van der Waals surface area (Å²) in [7, 11) is 0. The standard InChI is InChI=1S/C20H26N4.HI/c1-2-22-19(23-14-10-17-7-6-13-21-15-17)24-16-20(11-12-20)18-8-4-3-5-9-18;/h3-9,13,15H,2,10-12,14,16H2,1H3,(H2,22,23,24);1H. The van der Waals surface area contributed by atoms with Crippen LogP contribution in [0.25, 0.3) is 0 Å². The third-order valence-electron chi connectivity index (χ3n) is 4.55. The van der Waals surface area contributed by atoms with Crippen molar-refractivity contribution in [1.82, 2.24) is 15.6 Å². The van der Waals surface area contributed by atoms with Crippen molar-refractivity contribution in [2.45, 2.75) is 31.6 Å². The molecular weight excluding hydrogens is 423 g/mol. The summed E-state index contributed by atoms with van der Waals surface area (Å²) in [5.74, 6) is 0.906. The number of rotatable bonds is 7. The number of hydrogen-bond acceptors (Lipinski definition) is 2. The van der Waals surface area contributed by atoms with Gasteiger partial charge in [0.1, 0.15) is 0 Å². The summed E-state index contributed by atoms with van der Waals surface area (Å²) in [5, 5.41) is 6.78. The number of halogens is 1. The summed E-state index contributed by atoms with van der Waals surface area (Å²) >= 11 is 0. The first-order valence-corrected chi connectivity index (χ1v) is 8.79. The van der Waals surface area contributed by atoms with E-state index in [2.05, 4.69) is 58.9 Å². The molecule has 0 saturated heterocycles. The minimum Gasteiger partial charge on any atom is -0.357 e. The molecule has 0 atom stereocenters. The first kappa shape index (κ1) is 19.7. The molecular formula is C20H27IN4. The largest absolute Gasteiger partial charge is 0.357 e. The normalized spacial score (nSPS) is 15.2. The fourth-order valence-corrected chi connectivity index (χ4v) is 2.92. The molecule has 1 heterocycles. The topological polar surface area (TPSA) is 49.3 Å². The molecule has 1 aliphatic rings. The Bertz CT molecular complexity index is 654. The maximum absolute atomic E-state index is 4.83. The molecule has 0 aliphatic heterocycles. The molecule has 0 spiro atoms. The lowest BCUT2D eigenvalue weighted by Gasteiger charge is -2.16. The van der Waals surface area contributed by atoms with Gasteiger partial charge in [-0.15, -0.1) is 24.0 Å². The van der Waals surface area contributed by atoms with Gasteiger partial charge in [0.25, 0.3) is 0 Å². The maximum Gasteiger partial charge on any atom is 0.191 e. The monoisotopic (exact) mass is 450 g/mol. The average molecular weight is 450 g/mol. The Balaban J connectivity index is 0.00000225. The van der Waals surface area contributed by atoms with Gasteiger partial charge in [-0.3, -0.25) is 9.98 Å². The van der Waals surface area contributed by atoms with Crippen molar-refractivity contribution >= 4 is 29.9 Å². The number of aromatic nitrogens is 1. The van der Waals surface area contributed by atoms with Crippen LogP contribution in [0.2, 0.25) is 0 Å². The van der Waals surface area contributed by atoms with Crippen molar-refractivity contribution in [3.63, 3.8) is 0 Å². The van der Waals surface area contributed by atoms with Gasteiger partial charge >= 0.3 is 0 Å². The van der Waals surface area contributed by atoms with Crippen LogP contribution in [0.15, 0.2) is 59.9 Å². The lowest BCUT2D eigenvalue weighted by molar-refractivity contribution is 0.692. The zero-order valence-electron chi connectivity index (χ0n) is 14.7. The van der Waals surface area contributed by atoms with Gasteiger partial charge in [0.05, 0.1) is 6.54 Å². The molecule has 4 nitrogen and oxygen atoms in total. The second-order valence-electron chi connectivity index (χ2n) is 6.38. The average Bonchev–Trinajstić information content (AvgIpc) is 3.43. The van der Waals surface area contributed by atoms with Crippen molar-refractivity contribution in [3.05, 3.63) is 66.0 Å². The van der Waals surface area contributed by atoms with E-state index in [1.54, 1.807) is 6.20 Å². The summed E-state index contributed by atoms with van der Waals surface area (Å²) in [6, 6.07) is 14.9. The van der Waals surface area contributed by atoms with Crippen LogP contribution in [0, 0.1) is 0 Å². The minimum absolute atomic E-state index is 0. The van der Waals surface area contributed by atoms with Gasteiger partial charge in [0.2, 0.25) is 0 Å². The molecule has 134 valence electrons. The highest BCUT2D eigenvalue weighted by molar-refractivity contribution is 14.0. The van der Waals surface area contributed by atoms with Crippen LogP contribution < -0.4 is 10.6 Å². The van der Waals surface area contributed by atoms with Crippen LogP contribution in [0.5, 0.6) is 0 Å². The van der Waals surface area contributed by atoms with E-state index in [0.717, 1.165) is 32.0 Å². The Hall–Kier alpha value is -1.63. The highest BCUT2D eigenvalue weighted by Gasteiger charge is 2.43. The van der Waals surface area contributed by atoms with E-state index >= 15 is 0 Å². The molecule has 1 aromatic heterocycles. The molecule has 2 aromatic rings. The highest BCUT2D eigenvalue weighted by Crippen LogP contribution is 2.48. The predicted molar refractivity (Wildman–Crippen MR) is 115 cm³/mol. The quantitative estimate of drug-likeness (QED) is 0.386. The van der Waals surface area contributed by atoms with Crippen molar-refractivity contribution in [1.29, 1.82) is 0 Å². The Morgan fingerprint density at radius 3 is 2.56 bits per heavy atom. The number of nitrogens with zero attached hydrogens (tertiary/aromatic N) is 2. The Kier molecular flexibility index (Phi) is 7.68. The highest BCUT2D eigenvalue weighted by atomic mass is 127. The van der Waals surface area contributed by atoms with Crippen molar-refractivity contribution in [3.8, 4) is 0 Å². The van der Waals surface area contributed by atoms with Gasteiger partial charge in [-0.1, -0.05) is 36.4 Å². The third-order valence-corrected chi connectivity index (χ3v) is 4.55. The van der Waals surface area contributed by atoms with Crippen molar-refractivity contribution in [2.24, 2.45) is 4.99 Å². The summed E-state index contributed by atoms with van der Waals surface area (Å²) in [4.78, 5) is 8.99. The van der Waals surface area contributed by atoms with Crippen LogP contribution >= 0.6 is 24.0 Å². The van der Waals surface area contributed by atoms with E-state index in [9.17, 15) is 0 Å². The Morgan fingerprint density at radius 2 is 1.92 bits per heavy atom. The van der Waals surface area contributed by atoms with Gasteiger partial charge in [-0.2, -0.15) is 0 Å². The second kappa shape index (κ2) is 9.75. The van der Waals surface area contributed by atoms with E-state index in [-0.39, 0.29) is 29.4 Å². The van der Waals surface area contributed by atoms with E-state index in [0.29, 0.717) is 0 Å². The summed E-state index contributed by atoms with van der Waals surface area (Å²) in [5.41, 5.74) is 2.91. The Morgan fingerprint density at radius 1 is 1.12 bits per heavy atom. The molecule has 1 fully saturated rings. The fourth-order valence-electron chi connectivity index (χ4n) is 2.92. The molecule has 1 aromatic carbocycles. The number of pyridine rings is 1. The number of aliphatic imine (C=N–C) groups is 1. The molecule has 0 radical (unpaired) electrons. The van der Waals surface area contributed by atoms with Crippen LogP contribution in [-0.2, 0) is 11.8 Å². The van der Waals surface area contributed by atoms with Gasteiger partial charge in [0, 0.05) is 30.9 Å². The third kappa shape index (κ3) is 5.70. The molecule has 0 amide bonds. The lowest BCUT2D eigenvalue weighted by Crippen LogP contribution is -2.39. The first-order chi connectivity index (χ1) is 11.8. The molecule has 1 aliphatic carbocycles. The first-order valence-electron chi connectivity index (χ1n) is 8.79. The van der Waals surface area contributed by atoms with Gasteiger partial charge in [0.15, 0.2) is 5.96 Å². The summed E-state index contributed by atoms with van der Waals surface area (Å²) in [6.07, 6.45) is 7.13. The molecule has 2 N–H and O–H groups in total. The van der Waals surface area contributed by atoms with Gasteiger partial charge in [-0.05, 0) is 43.4 Å². The zero-order chi connectivity index (χ0) is 16.7. The Labute approximate surface area is 167 Å². The van der Waals surface area contributed by atoms with Crippen molar-refractivity contribution < 1.29 is 0 Å². The SMILES string of the molecule is CCNC(=NCC1(c2ccccc2)CC1)NCCc1cccnc1.I. The molecule has 0 unspecified atom stereocenters. The van der Waals surface area contributed by atoms with Crippen LogP contribution in [0.4, 0.5) is 0 Å². The predicted octanol–water partition coefficient (Wildman–Crippen LogP) is 3.53. The number of benzene rings is 1. The molecule has 3 rings (SSSR count). The van der Waals surface area contributed by atoms with Crippen LogP contribution in [-0.4, -0.2) is 30.6 Å². The number of nitrogens with one attached hydrogen (secondary N) is 2. The second-order valence-corrected chi connectivity index (χ2v) is 6.38. The van der Waals surface area contributed by atoms with E-state index in [1.165, 1.54) is 24.0 Å². The van der Waals surface area contributed by atoms with E-state index in [4.69, 9.17) is 4.99 Å². The maximum atomic E-state index is 4.83. The number of hydrogen-bond donors (Lipinski definition) is 2. The zero-order valence-corrected chi connectivity index (χ0v) is 17.1. The van der Waals surface area contributed by atoms with Crippen LogP contribution in [0.1, 0.15) is 30.9 Å². The van der Waals surface area contributed by atoms with Crippen LogP contribution in [0.3, 0.4) is 0 Å². The van der Waals surface area contributed by atoms with E-state index < -0.39 is 0 Å². The summed E-state index contributed by atoms with van der Waals surface area (Å²) in [6.45, 7) is 4.68. The van der Waals surface area contributed by atoms with Gasteiger partial charge < -0.3 is 10.6 Å². The molecule has 1 saturated carbocycles. The smallest absolute Gasteiger partial charge is 0.191 e. The minimum atomic E-state index is 0. The van der Waals surface area contributed by atoms with Crippen molar-refractivity contribution in [2.75, 3.05) is 19.6 Å². The molecule has 5 heteroatoms. The van der Waals surface area contributed by atoms with Gasteiger partial charge in [-0.25, -0.2) is 0 Å². The number of guanidine groups is 1.